The van der Waals surface area contributed by atoms with E-state index < -0.39 is 5.97 Å². The number of pyridine rings is 1. The van der Waals surface area contributed by atoms with E-state index in [1.165, 1.54) is 0 Å². The minimum atomic E-state index is -0.895. The third-order valence-electron chi connectivity index (χ3n) is 2.38. The van der Waals surface area contributed by atoms with Gasteiger partial charge in [-0.1, -0.05) is 27.7 Å². The molecule has 0 bridgehead atoms. The molecule has 0 radical (unpaired) electrons. The Hall–Kier alpha value is -1.38. The van der Waals surface area contributed by atoms with Crippen molar-refractivity contribution < 1.29 is 9.90 Å². The van der Waals surface area contributed by atoms with Crippen molar-refractivity contribution in [3.05, 3.63) is 29.1 Å². The maximum atomic E-state index is 11.1. The monoisotopic (exact) mass is 207 g/mol. The van der Waals surface area contributed by atoms with E-state index in [9.17, 15) is 4.79 Å². The summed E-state index contributed by atoms with van der Waals surface area (Å²) in [6, 6.07) is 1.73. The third kappa shape index (κ3) is 2.55. The second kappa shape index (κ2) is 4.43. The van der Waals surface area contributed by atoms with Gasteiger partial charge in [-0.3, -0.25) is 4.98 Å². The second-order valence-corrected chi connectivity index (χ2v) is 4.32. The molecule has 1 heterocycles. The molecule has 0 amide bonds. The van der Waals surface area contributed by atoms with Crippen LogP contribution in [-0.2, 0) is 0 Å². The fourth-order valence-corrected chi connectivity index (χ4v) is 1.44. The molecule has 15 heavy (non-hydrogen) atoms. The number of rotatable bonds is 3. The highest BCUT2D eigenvalue weighted by atomic mass is 16.4. The van der Waals surface area contributed by atoms with Crippen molar-refractivity contribution >= 4 is 5.97 Å². The molecule has 0 spiro atoms. The fourth-order valence-electron chi connectivity index (χ4n) is 1.44. The smallest absolute Gasteiger partial charge is 0.337 e. The van der Waals surface area contributed by atoms with Gasteiger partial charge < -0.3 is 5.11 Å². The molecule has 1 aromatic rings. The van der Waals surface area contributed by atoms with Crippen molar-refractivity contribution in [2.24, 2.45) is 0 Å². The summed E-state index contributed by atoms with van der Waals surface area (Å²) < 4.78 is 0. The van der Waals surface area contributed by atoms with E-state index in [4.69, 9.17) is 5.11 Å². The van der Waals surface area contributed by atoms with Crippen molar-refractivity contribution in [1.29, 1.82) is 0 Å². The summed E-state index contributed by atoms with van der Waals surface area (Å²) in [6.07, 6.45) is 1.77. The summed E-state index contributed by atoms with van der Waals surface area (Å²) in [4.78, 5) is 15.3. The average Bonchev–Trinajstić information content (AvgIpc) is 2.16. The highest BCUT2D eigenvalue weighted by Gasteiger charge is 2.15. The number of aromatic nitrogens is 1. The first-order chi connectivity index (χ1) is 6.93. The topological polar surface area (TPSA) is 50.2 Å². The van der Waals surface area contributed by atoms with Gasteiger partial charge in [0.25, 0.3) is 0 Å². The van der Waals surface area contributed by atoms with Crippen LogP contribution in [0, 0.1) is 0 Å². The third-order valence-corrected chi connectivity index (χ3v) is 2.38. The first-order valence-corrected chi connectivity index (χ1v) is 5.16. The minimum Gasteiger partial charge on any atom is -0.478 e. The molecule has 0 unspecified atom stereocenters. The van der Waals surface area contributed by atoms with E-state index in [0.29, 0.717) is 17.2 Å². The predicted octanol–water partition coefficient (Wildman–Crippen LogP) is 3.03. The first-order valence-electron chi connectivity index (χ1n) is 5.16. The predicted molar refractivity (Wildman–Crippen MR) is 59.4 cm³/mol. The van der Waals surface area contributed by atoms with Crippen LogP contribution in [0.15, 0.2) is 12.3 Å². The standard InChI is InChI=1S/C12H17NO2/c1-7(2)9-5-10(12(14)15)11(8(3)4)13-6-9/h5-8H,1-4H3,(H,14,15). The maximum absolute atomic E-state index is 11.1. The Balaban J connectivity index is 3.27. The van der Waals surface area contributed by atoms with Gasteiger partial charge >= 0.3 is 5.97 Å². The molecule has 3 nitrogen and oxygen atoms in total. The molecule has 0 saturated carbocycles. The number of hydrogen-bond acceptors (Lipinski definition) is 2. The van der Waals surface area contributed by atoms with E-state index in [-0.39, 0.29) is 5.92 Å². The van der Waals surface area contributed by atoms with Crippen LogP contribution in [0.25, 0.3) is 0 Å². The number of nitrogens with zero attached hydrogens (tertiary/aromatic N) is 1. The number of aromatic carboxylic acids is 1. The van der Waals surface area contributed by atoms with E-state index in [2.05, 4.69) is 4.98 Å². The van der Waals surface area contributed by atoms with Gasteiger partial charge in [-0.05, 0) is 23.5 Å². The molecule has 0 aliphatic carbocycles. The molecule has 0 atom stereocenters. The van der Waals surface area contributed by atoms with E-state index in [1.54, 1.807) is 12.3 Å². The van der Waals surface area contributed by atoms with Crippen LogP contribution >= 0.6 is 0 Å². The summed E-state index contributed by atoms with van der Waals surface area (Å²) in [6.45, 7) is 7.95. The largest absolute Gasteiger partial charge is 0.478 e. The van der Waals surface area contributed by atoms with E-state index in [0.717, 1.165) is 5.56 Å². The molecule has 3 heteroatoms. The summed E-state index contributed by atoms with van der Waals surface area (Å²) in [5.41, 5.74) is 1.96. The quantitative estimate of drug-likeness (QED) is 0.828. The molecule has 0 fully saturated rings. The molecule has 1 N–H and O–H groups in total. The summed E-state index contributed by atoms with van der Waals surface area (Å²) >= 11 is 0. The van der Waals surface area contributed by atoms with Crippen molar-refractivity contribution in [1.82, 2.24) is 4.98 Å². The van der Waals surface area contributed by atoms with Gasteiger partial charge in [-0.15, -0.1) is 0 Å². The van der Waals surface area contributed by atoms with Gasteiger partial charge in [0.2, 0.25) is 0 Å². The van der Waals surface area contributed by atoms with Gasteiger partial charge in [0.15, 0.2) is 0 Å². The van der Waals surface area contributed by atoms with Crippen LogP contribution in [-0.4, -0.2) is 16.1 Å². The molecular formula is C12H17NO2. The molecule has 1 aromatic heterocycles. The highest BCUT2D eigenvalue weighted by molar-refractivity contribution is 5.89. The lowest BCUT2D eigenvalue weighted by Gasteiger charge is -2.12. The van der Waals surface area contributed by atoms with Crippen LogP contribution in [0.5, 0.6) is 0 Å². The van der Waals surface area contributed by atoms with Crippen LogP contribution in [0.2, 0.25) is 0 Å². The second-order valence-electron chi connectivity index (χ2n) is 4.32. The summed E-state index contributed by atoms with van der Waals surface area (Å²) in [5, 5.41) is 9.08. The molecule has 0 aromatic carbocycles. The number of hydrogen-bond donors (Lipinski definition) is 1. The lowest BCUT2D eigenvalue weighted by Crippen LogP contribution is -2.08. The van der Waals surface area contributed by atoms with Crippen LogP contribution in [0.3, 0.4) is 0 Å². The van der Waals surface area contributed by atoms with Crippen molar-refractivity contribution in [2.45, 2.75) is 39.5 Å². The number of carboxylic acids is 1. The highest BCUT2D eigenvalue weighted by Crippen LogP contribution is 2.21. The van der Waals surface area contributed by atoms with Crippen LogP contribution in [0.4, 0.5) is 0 Å². The number of carboxylic acid groups (broad SMARTS) is 1. The molecule has 82 valence electrons. The van der Waals surface area contributed by atoms with Crippen molar-refractivity contribution in [2.75, 3.05) is 0 Å². The van der Waals surface area contributed by atoms with Crippen LogP contribution in [0.1, 0.15) is 61.1 Å². The van der Waals surface area contributed by atoms with Gasteiger partial charge in [-0.2, -0.15) is 0 Å². The van der Waals surface area contributed by atoms with Gasteiger partial charge in [0, 0.05) is 6.20 Å². The molecule has 0 saturated heterocycles. The lowest BCUT2D eigenvalue weighted by atomic mass is 9.98. The van der Waals surface area contributed by atoms with E-state index in [1.807, 2.05) is 27.7 Å². The zero-order chi connectivity index (χ0) is 11.6. The lowest BCUT2D eigenvalue weighted by molar-refractivity contribution is 0.0694. The number of carbonyl (C=O) groups is 1. The molecule has 0 aliphatic heterocycles. The van der Waals surface area contributed by atoms with Gasteiger partial charge in [0.1, 0.15) is 0 Å². The van der Waals surface area contributed by atoms with E-state index >= 15 is 0 Å². The fraction of sp³-hybridized carbons (Fsp3) is 0.500. The van der Waals surface area contributed by atoms with Crippen LogP contribution < -0.4 is 0 Å². The van der Waals surface area contributed by atoms with Gasteiger partial charge in [0.05, 0.1) is 11.3 Å². The molecule has 0 aliphatic rings. The maximum Gasteiger partial charge on any atom is 0.337 e. The average molecular weight is 207 g/mol. The Bertz CT molecular complexity index is 370. The Labute approximate surface area is 90.2 Å². The molecular weight excluding hydrogens is 190 g/mol. The van der Waals surface area contributed by atoms with Gasteiger partial charge in [-0.25, -0.2) is 4.79 Å². The normalized spacial score (nSPS) is 11.1. The SMILES string of the molecule is CC(C)c1cnc(C(C)C)c(C(=O)O)c1. The zero-order valence-electron chi connectivity index (χ0n) is 9.61. The Morgan fingerprint density at radius 3 is 2.27 bits per heavy atom. The summed E-state index contributed by atoms with van der Waals surface area (Å²) in [7, 11) is 0. The van der Waals surface area contributed by atoms with Crippen molar-refractivity contribution in [3.63, 3.8) is 0 Å². The van der Waals surface area contributed by atoms with Crippen molar-refractivity contribution in [3.8, 4) is 0 Å². The molecule has 1 rings (SSSR count). The Morgan fingerprint density at radius 1 is 1.27 bits per heavy atom. The first kappa shape index (κ1) is 11.7. The summed E-state index contributed by atoms with van der Waals surface area (Å²) in [5.74, 6) is -0.456. The Morgan fingerprint density at radius 2 is 1.87 bits per heavy atom. The minimum absolute atomic E-state index is 0.136. The zero-order valence-corrected chi connectivity index (χ0v) is 9.61. The Kier molecular flexibility index (Phi) is 3.45.